The van der Waals surface area contributed by atoms with Gasteiger partial charge >= 0.3 is 0 Å². The van der Waals surface area contributed by atoms with Crippen molar-refractivity contribution < 1.29 is 13.7 Å². The van der Waals surface area contributed by atoms with E-state index in [2.05, 4.69) is 32.2 Å². The smallest absolute Gasteiger partial charge is 0.243 e. The van der Waals surface area contributed by atoms with Gasteiger partial charge in [0.2, 0.25) is 11.8 Å². The molecule has 7 nitrogen and oxygen atoms in total. The lowest BCUT2D eigenvalue weighted by atomic mass is 10.1. The molecule has 1 aromatic heterocycles. The van der Waals surface area contributed by atoms with Crippen LogP contribution in [0.15, 0.2) is 28.8 Å². The maximum Gasteiger partial charge on any atom is 0.243 e. The van der Waals surface area contributed by atoms with Crippen molar-refractivity contribution in [2.75, 3.05) is 31.5 Å². The van der Waals surface area contributed by atoms with Crippen molar-refractivity contribution in [2.45, 2.75) is 44.7 Å². The van der Waals surface area contributed by atoms with E-state index in [1.165, 1.54) is 12.1 Å². The van der Waals surface area contributed by atoms with Gasteiger partial charge in [-0.25, -0.2) is 4.39 Å². The zero-order chi connectivity index (χ0) is 19.7. The van der Waals surface area contributed by atoms with Crippen LogP contribution >= 0.6 is 0 Å². The molecule has 0 radical (unpaired) electrons. The Morgan fingerprint density at radius 2 is 1.93 bits per heavy atom. The highest BCUT2D eigenvalue weighted by Crippen LogP contribution is 2.38. The standard InChI is InChI=1S/C20H26FN5O2/c1-13(19(27)22-17-5-3-4-16(21)12-17)25-8-10-26(11-9-25)14(2)20-23-18(24-28-20)15-6-7-15/h3-5,12-15H,6-11H2,1-2H3,(H,22,27). The number of anilines is 1. The van der Waals surface area contributed by atoms with Crippen LogP contribution in [0.25, 0.3) is 0 Å². The van der Waals surface area contributed by atoms with Crippen molar-refractivity contribution >= 4 is 11.6 Å². The molecule has 2 heterocycles. The molecule has 1 saturated carbocycles. The number of carbonyl (C=O) groups excluding carboxylic acids is 1. The number of amides is 1. The fraction of sp³-hybridized carbons (Fsp3) is 0.550. The molecule has 28 heavy (non-hydrogen) atoms. The number of aromatic nitrogens is 2. The van der Waals surface area contributed by atoms with Gasteiger partial charge in [-0.3, -0.25) is 14.6 Å². The van der Waals surface area contributed by atoms with Crippen LogP contribution in [0, 0.1) is 5.82 Å². The summed E-state index contributed by atoms with van der Waals surface area (Å²) in [6.07, 6.45) is 2.31. The average molecular weight is 387 g/mol. The van der Waals surface area contributed by atoms with Crippen LogP contribution < -0.4 is 5.32 Å². The Hall–Kier alpha value is -2.32. The van der Waals surface area contributed by atoms with Crippen molar-refractivity contribution in [2.24, 2.45) is 0 Å². The Morgan fingerprint density at radius 1 is 1.21 bits per heavy atom. The second-order valence-corrected chi connectivity index (χ2v) is 7.69. The Balaban J connectivity index is 1.29. The van der Waals surface area contributed by atoms with Crippen LogP contribution in [0.2, 0.25) is 0 Å². The topological polar surface area (TPSA) is 74.5 Å². The zero-order valence-corrected chi connectivity index (χ0v) is 16.3. The Bertz CT molecular complexity index is 830. The molecule has 2 fully saturated rings. The molecule has 8 heteroatoms. The van der Waals surface area contributed by atoms with E-state index in [1.54, 1.807) is 12.1 Å². The largest absolute Gasteiger partial charge is 0.338 e. The first kappa shape index (κ1) is 19.0. The van der Waals surface area contributed by atoms with Crippen molar-refractivity contribution in [1.82, 2.24) is 19.9 Å². The maximum absolute atomic E-state index is 13.3. The highest BCUT2D eigenvalue weighted by Gasteiger charge is 2.32. The van der Waals surface area contributed by atoms with E-state index in [0.29, 0.717) is 17.5 Å². The molecule has 2 unspecified atom stereocenters. The summed E-state index contributed by atoms with van der Waals surface area (Å²) in [5, 5.41) is 6.90. The number of carbonyl (C=O) groups is 1. The lowest BCUT2D eigenvalue weighted by Crippen LogP contribution is -2.53. The summed E-state index contributed by atoms with van der Waals surface area (Å²) in [6, 6.07) is 5.74. The number of rotatable bonds is 6. The van der Waals surface area contributed by atoms with Crippen molar-refractivity contribution in [3.8, 4) is 0 Å². The summed E-state index contributed by atoms with van der Waals surface area (Å²) in [7, 11) is 0. The van der Waals surface area contributed by atoms with Crippen LogP contribution in [0.4, 0.5) is 10.1 Å². The monoisotopic (exact) mass is 387 g/mol. The summed E-state index contributed by atoms with van der Waals surface area (Å²) in [5.74, 6) is 1.51. The van der Waals surface area contributed by atoms with Crippen LogP contribution in [0.3, 0.4) is 0 Å². The predicted molar refractivity (Wildman–Crippen MR) is 102 cm³/mol. The van der Waals surface area contributed by atoms with E-state index in [1.807, 2.05) is 6.92 Å². The van der Waals surface area contributed by atoms with Crippen molar-refractivity contribution in [3.63, 3.8) is 0 Å². The summed E-state index contributed by atoms with van der Waals surface area (Å²) in [6.45, 7) is 7.14. The maximum atomic E-state index is 13.3. The number of hydrogen-bond donors (Lipinski definition) is 1. The molecule has 2 aliphatic rings. The molecule has 150 valence electrons. The van der Waals surface area contributed by atoms with Gasteiger partial charge in [0.05, 0.1) is 12.1 Å². The summed E-state index contributed by atoms with van der Waals surface area (Å²) < 4.78 is 18.8. The second-order valence-electron chi connectivity index (χ2n) is 7.69. The second kappa shape index (κ2) is 7.97. The molecule has 2 aromatic rings. The van der Waals surface area contributed by atoms with Gasteiger partial charge in [0.25, 0.3) is 0 Å². The molecule has 2 atom stereocenters. The minimum absolute atomic E-state index is 0.0681. The first-order valence-electron chi connectivity index (χ1n) is 9.89. The Morgan fingerprint density at radius 3 is 2.61 bits per heavy atom. The third-order valence-electron chi connectivity index (χ3n) is 5.67. The normalized spacial score (nSPS) is 20.7. The molecule has 1 aliphatic carbocycles. The SMILES string of the molecule is CC(C(=O)Nc1cccc(F)c1)N1CCN(C(C)c2nc(C3CC3)no2)CC1. The Kier molecular flexibility index (Phi) is 5.41. The summed E-state index contributed by atoms with van der Waals surface area (Å²) in [5.41, 5.74) is 0.479. The van der Waals surface area contributed by atoms with Gasteiger partial charge in [-0.15, -0.1) is 0 Å². The van der Waals surface area contributed by atoms with Gasteiger partial charge in [-0.1, -0.05) is 11.2 Å². The molecular formula is C20H26FN5O2. The third-order valence-corrected chi connectivity index (χ3v) is 5.67. The molecule has 4 rings (SSSR count). The number of piperazine rings is 1. The molecule has 1 saturated heterocycles. The van der Waals surface area contributed by atoms with E-state index < -0.39 is 0 Å². The van der Waals surface area contributed by atoms with E-state index in [-0.39, 0.29) is 23.8 Å². The molecule has 1 aromatic carbocycles. The lowest BCUT2D eigenvalue weighted by molar-refractivity contribution is -0.121. The van der Waals surface area contributed by atoms with E-state index in [4.69, 9.17) is 4.52 Å². The molecule has 1 amide bonds. The highest BCUT2D eigenvalue weighted by atomic mass is 19.1. The van der Waals surface area contributed by atoms with E-state index in [0.717, 1.165) is 44.8 Å². The first-order chi connectivity index (χ1) is 13.5. The van der Waals surface area contributed by atoms with Crippen LogP contribution in [0.1, 0.15) is 50.4 Å². The first-order valence-corrected chi connectivity index (χ1v) is 9.89. The molecule has 0 bridgehead atoms. The number of hydrogen-bond acceptors (Lipinski definition) is 6. The lowest BCUT2D eigenvalue weighted by Gasteiger charge is -2.39. The van der Waals surface area contributed by atoms with Gasteiger partial charge in [-0.2, -0.15) is 4.98 Å². The molecule has 1 N–H and O–H groups in total. The van der Waals surface area contributed by atoms with Gasteiger partial charge in [0.1, 0.15) is 5.82 Å². The van der Waals surface area contributed by atoms with Crippen molar-refractivity contribution in [3.05, 3.63) is 41.8 Å². The molecule has 0 spiro atoms. The van der Waals surface area contributed by atoms with Crippen LogP contribution in [-0.4, -0.2) is 58.1 Å². The zero-order valence-electron chi connectivity index (χ0n) is 16.3. The average Bonchev–Trinajstić information content (AvgIpc) is 3.44. The van der Waals surface area contributed by atoms with Crippen LogP contribution in [-0.2, 0) is 4.79 Å². The summed E-state index contributed by atoms with van der Waals surface area (Å²) in [4.78, 5) is 21.5. The number of halogens is 1. The third kappa shape index (κ3) is 4.23. The quantitative estimate of drug-likeness (QED) is 0.822. The number of nitrogens with zero attached hydrogens (tertiary/aromatic N) is 4. The highest BCUT2D eigenvalue weighted by molar-refractivity contribution is 5.94. The minimum atomic E-state index is -0.362. The predicted octanol–water partition coefficient (Wildman–Crippen LogP) is 2.79. The van der Waals surface area contributed by atoms with E-state index >= 15 is 0 Å². The Labute approximate surface area is 163 Å². The molecular weight excluding hydrogens is 361 g/mol. The van der Waals surface area contributed by atoms with Crippen LogP contribution in [0.5, 0.6) is 0 Å². The van der Waals surface area contributed by atoms with Gasteiger partial charge in [0.15, 0.2) is 5.82 Å². The minimum Gasteiger partial charge on any atom is -0.338 e. The number of benzene rings is 1. The molecule has 1 aliphatic heterocycles. The number of nitrogens with one attached hydrogen (secondary N) is 1. The van der Waals surface area contributed by atoms with E-state index in [9.17, 15) is 9.18 Å². The fourth-order valence-corrected chi connectivity index (χ4v) is 3.57. The van der Waals surface area contributed by atoms with Gasteiger partial charge < -0.3 is 9.84 Å². The van der Waals surface area contributed by atoms with Gasteiger partial charge in [0, 0.05) is 37.8 Å². The summed E-state index contributed by atoms with van der Waals surface area (Å²) >= 11 is 0. The van der Waals surface area contributed by atoms with Crippen molar-refractivity contribution in [1.29, 1.82) is 0 Å². The van der Waals surface area contributed by atoms with Gasteiger partial charge in [-0.05, 0) is 44.9 Å². The fourth-order valence-electron chi connectivity index (χ4n) is 3.57.